The zero-order chi connectivity index (χ0) is 13.2. The van der Waals surface area contributed by atoms with E-state index in [-0.39, 0.29) is 6.04 Å². The van der Waals surface area contributed by atoms with E-state index in [1.54, 1.807) is 7.11 Å². The molecule has 1 aromatic carbocycles. The lowest BCUT2D eigenvalue weighted by atomic mass is 9.87. The van der Waals surface area contributed by atoms with Crippen molar-refractivity contribution in [3.63, 3.8) is 0 Å². The maximum absolute atomic E-state index is 6.21. The van der Waals surface area contributed by atoms with E-state index in [0.29, 0.717) is 5.92 Å². The summed E-state index contributed by atoms with van der Waals surface area (Å²) >= 11 is 0. The van der Waals surface area contributed by atoms with Crippen molar-refractivity contribution in [1.29, 1.82) is 0 Å². The van der Waals surface area contributed by atoms with Crippen LogP contribution in [0.5, 0.6) is 5.75 Å². The highest BCUT2D eigenvalue weighted by Crippen LogP contribution is 2.32. The minimum Gasteiger partial charge on any atom is -0.496 e. The van der Waals surface area contributed by atoms with Crippen LogP contribution in [0.25, 0.3) is 0 Å². The van der Waals surface area contributed by atoms with Crippen LogP contribution in [0.2, 0.25) is 0 Å². The second kappa shape index (κ2) is 5.07. The summed E-state index contributed by atoms with van der Waals surface area (Å²) in [4.78, 5) is 0. The van der Waals surface area contributed by atoms with Gasteiger partial charge in [-0.05, 0) is 31.4 Å². The van der Waals surface area contributed by atoms with E-state index in [0.717, 1.165) is 11.3 Å². The Labute approximate surface area is 104 Å². The Balaban J connectivity index is 3.23. The van der Waals surface area contributed by atoms with Crippen molar-refractivity contribution in [2.24, 2.45) is 11.5 Å². The van der Waals surface area contributed by atoms with Gasteiger partial charge in [-0.2, -0.15) is 0 Å². The first-order valence-electron chi connectivity index (χ1n) is 5.99. The van der Waals surface area contributed by atoms with E-state index in [4.69, 9.17) is 16.2 Å². The van der Waals surface area contributed by atoms with Crippen molar-refractivity contribution in [2.75, 3.05) is 7.11 Å². The third-order valence-corrected chi connectivity index (χ3v) is 3.06. The molecule has 0 heterocycles. The first kappa shape index (κ1) is 14.0. The molecule has 0 aromatic heterocycles. The molecule has 0 amide bonds. The fourth-order valence-electron chi connectivity index (χ4n) is 1.76. The topological polar surface area (TPSA) is 61.3 Å². The Kier molecular flexibility index (Phi) is 4.17. The van der Waals surface area contributed by atoms with Crippen LogP contribution in [-0.4, -0.2) is 12.6 Å². The van der Waals surface area contributed by atoms with E-state index >= 15 is 0 Å². The van der Waals surface area contributed by atoms with Crippen molar-refractivity contribution in [1.82, 2.24) is 0 Å². The van der Waals surface area contributed by atoms with Crippen molar-refractivity contribution < 1.29 is 4.74 Å². The second-order valence-corrected chi connectivity index (χ2v) is 5.46. The number of benzene rings is 1. The fourth-order valence-corrected chi connectivity index (χ4v) is 1.76. The van der Waals surface area contributed by atoms with Crippen molar-refractivity contribution >= 4 is 0 Å². The zero-order valence-corrected chi connectivity index (χ0v) is 11.4. The quantitative estimate of drug-likeness (QED) is 0.844. The highest BCUT2D eigenvalue weighted by Gasteiger charge is 2.26. The molecule has 3 nitrogen and oxygen atoms in total. The first-order chi connectivity index (χ1) is 7.77. The molecule has 0 saturated carbocycles. The maximum atomic E-state index is 6.21. The van der Waals surface area contributed by atoms with Crippen molar-refractivity contribution in [3.05, 3.63) is 29.3 Å². The van der Waals surface area contributed by atoms with Crippen LogP contribution < -0.4 is 16.2 Å². The molecule has 0 radical (unpaired) electrons. The van der Waals surface area contributed by atoms with E-state index < -0.39 is 5.54 Å². The molecular formula is C14H24N2O. The van der Waals surface area contributed by atoms with Crippen LogP contribution in [0.4, 0.5) is 0 Å². The molecule has 96 valence electrons. The Bertz CT molecular complexity index is 380. The molecule has 0 aliphatic rings. The van der Waals surface area contributed by atoms with Gasteiger partial charge in [-0.15, -0.1) is 0 Å². The maximum Gasteiger partial charge on any atom is 0.123 e. The van der Waals surface area contributed by atoms with Crippen LogP contribution >= 0.6 is 0 Å². The average molecular weight is 236 g/mol. The molecule has 0 spiro atoms. The van der Waals surface area contributed by atoms with Crippen LogP contribution in [0, 0.1) is 0 Å². The molecule has 1 rings (SSSR count). The highest BCUT2D eigenvalue weighted by atomic mass is 16.5. The monoisotopic (exact) mass is 236 g/mol. The summed E-state index contributed by atoms with van der Waals surface area (Å²) in [6, 6.07) is 5.90. The third kappa shape index (κ3) is 3.20. The molecule has 0 saturated heterocycles. The van der Waals surface area contributed by atoms with Crippen LogP contribution in [-0.2, 0) is 0 Å². The minimum atomic E-state index is -0.469. The number of ether oxygens (including phenoxy) is 1. The Morgan fingerprint density at radius 3 is 2.24 bits per heavy atom. The van der Waals surface area contributed by atoms with Gasteiger partial charge in [0.15, 0.2) is 0 Å². The third-order valence-electron chi connectivity index (χ3n) is 3.06. The minimum absolute atomic E-state index is 0.240. The lowest BCUT2D eigenvalue weighted by Crippen LogP contribution is -2.44. The second-order valence-electron chi connectivity index (χ2n) is 5.46. The molecule has 4 N–H and O–H groups in total. The van der Waals surface area contributed by atoms with Gasteiger partial charge >= 0.3 is 0 Å². The number of nitrogens with two attached hydrogens (primary N) is 2. The van der Waals surface area contributed by atoms with Gasteiger partial charge in [0.05, 0.1) is 13.2 Å². The van der Waals surface area contributed by atoms with Gasteiger partial charge in [-0.25, -0.2) is 0 Å². The first-order valence-corrected chi connectivity index (χ1v) is 5.99. The Morgan fingerprint density at radius 2 is 1.82 bits per heavy atom. The number of hydrogen-bond donors (Lipinski definition) is 2. The van der Waals surface area contributed by atoms with Crippen LogP contribution in [0.3, 0.4) is 0 Å². The molecule has 1 unspecified atom stereocenters. The molecule has 0 aliphatic carbocycles. The normalized spacial score (nSPS) is 13.9. The predicted octanol–water partition coefficient (Wildman–Crippen LogP) is 2.56. The van der Waals surface area contributed by atoms with Crippen LogP contribution in [0.15, 0.2) is 18.2 Å². The Morgan fingerprint density at radius 1 is 1.24 bits per heavy atom. The number of methoxy groups -OCH3 is 1. The molecule has 0 aliphatic heterocycles. The molecule has 17 heavy (non-hydrogen) atoms. The smallest absolute Gasteiger partial charge is 0.123 e. The molecule has 1 atom stereocenters. The van der Waals surface area contributed by atoms with E-state index in [9.17, 15) is 0 Å². The van der Waals surface area contributed by atoms with E-state index in [1.165, 1.54) is 5.56 Å². The summed E-state index contributed by atoms with van der Waals surface area (Å²) in [5, 5.41) is 0. The summed E-state index contributed by atoms with van der Waals surface area (Å²) in [5.41, 5.74) is 14.1. The van der Waals surface area contributed by atoms with Gasteiger partial charge in [0.2, 0.25) is 0 Å². The van der Waals surface area contributed by atoms with Gasteiger partial charge in [0.25, 0.3) is 0 Å². The molecule has 0 bridgehead atoms. The molecule has 1 aromatic rings. The molecule has 0 fully saturated rings. The van der Waals surface area contributed by atoms with Gasteiger partial charge in [0.1, 0.15) is 5.75 Å². The summed E-state index contributed by atoms with van der Waals surface area (Å²) in [7, 11) is 1.66. The molecule has 3 heteroatoms. The van der Waals surface area contributed by atoms with E-state index in [2.05, 4.69) is 26.0 Å². The fraction of sp³-hybridized carbons (Fsp3) is 0.571. The number of hydrogen-bond acceptors (Lipinski definition) is 3. The summed E-state index contributed by atoms with van der Waals surface area (Å²) in [6.07, 6.45) is 0. The Hall–Kier alpha value is -1.06. The van der Waals surface area contributed by atoms with Gasteiger partial charge < -0.3 is 16.2 Å². The SMILES string of the molecule is COc1ccc(C(C)C)cc1C(N)C(C)(C)N. The lowest BCUT2D eigenvalue weighted by Gasteiger charge is -2.29. The van der Waals surface area contributed by atoms with Gasteiger partial charge in [-0.3, -0.25) is 0 Å². The zero-order valence-electron chi connectivity index (χ0n) is 11.4. The van der Waals surface area contributed by atoms with Crippen LogP contribution in [0.1, 0.15) is 50.8 Å². The van der Waals surface area contributed by atoms with E-state index in [1.807, 2.05) is 19.9 Å². The predicted molar refractivity (Wildman–Crippen MR) is 72.3 cm³/mol. The van der Waals surface area contributed by atoms with Gasteiger partial charge in [0, 0.05) is 11.1 Å². The standard InChI is InChI=1S/C14H24N2O/c1-9(2)10-6-7-12(17-5)11(8-10)13(15)14(3,4)16/h6-9,13H,15-16H2,1-5H3. The summed E-state index contributed by atoms with van der Waals surface area (Å²) < 4.78 is 5.36. The lowest BCUT2D eigenvalue weighted by molar-refractivity contribution is 0.376. The number of rotatable bonds is 4. The van der Waals surface area contributed by atoms with Crippen molar-refractivity contribution in [3.8, 4) is 5.75 Å². The van der Waals surface area contributed by atoms with Crippen molar-refractivity contribution in [2.45, 2.75) is 45.2 Å². The highest BCUT2D eigenvalue weighted by molar-refractivity contribution is 5.41. The average Bonchev–Trinajstić information content (AvgIpc) is 2.25. The largest absolute Gasteiger partial charge is 0.496 e. The molecular weight excluding hydrogens is 212 g/mol. The summed E-state index contributed by atoms with van der Waals surface area (Å²) in [5.74, 6) is 1.27. The van der Waals surface area contributed by atoms with Gasteiger partial charge in [-0.1, -0.05) is 26.0 Å². The summed E-state index contributed by atoms with van der Waals surface area (Å²) in [6.45, 7) is 8.17.